The summed E-state index contributed by atoms with van der Waals surface area (Å²) in [5.74, 6) is -0.639. The molecule has 0 amide bonds. The quantitative estimate of drug-likeness (QED) is 0.218. The molecule has 0 bridgehead atoms. The van der Waals surface area contributed by atoms with Gasteiger partial charge in [0, 0.05) is 11.1 Å². The topological polar surface area (TPSA) is 17.1 Å². The highest BCUT2D eigenvalue weighted by Gasteiger charge is 2.26. The summed E-state index contributed by atoms with van der Waals surface area (Å²) in [7, 11) is 0. The number of rotatable bonds is 6. The third kappa shape index (κ3) is 4.74. The summed E-state index contributed by atoms with van der Waals surface area (Å²) in [6, 6.07) is 27.7. The molecule has 0 aliphatic carbocycles. The minimum atomic E-state index is -0.534. The van der Waals surface area contributed by atoms with Crippen LogP contribution < -0.4 is 0 Å². The molecule has 0 fully saturated rings. The lowest BCUT2D eigenvalue weighted by atomic mass is 9.98. The monoisotopic (exact) mass is 554 g/mol. The molecule has 32 heavy (non-hydrogen) atoms. The Labute approximate surface area is 202 Å². The fourth-order valence-electron chi connectivity index (χ4n) is 3.51. The van der Waals surface area contributed by atoms with E-state index >= 15 is 0 Å². The van der Waals surface area contributed by atoms with Crippen LogP contribution in [0.2, 0.25) is 0 Å². The molecule has 160 valence electrons. The molecule has 0 radical (unpaired) electrons. The number of alkyl halides is 2. The first-order chi connectivity index (χ1) is 15.5. The molecule has 4 aromatic rings. The highest BCUT2D eigenvalue weighted by atomic mass is 79.9. The molecular formula is C27H18Br2F2O. The van der Waals surface area contributed by atoms with Gasteiger partial charge in [0.1, 0.15) is 11.6 Å². The van der Waals surface area contributed by atoms with Crippen LogP contribution in [-0.4, -0.2) is 5.78 Å². The molecular weight excluding hydrogens is 538 g/mol. The van der Waals surface area contributed by atoms with Crippen LogP contribution in [-0.2, 0) is 4.79 Å². The number of carbonyl (C=O) groups excluding carboxylic acids is 1. The van der Waals surface area contributed by atoms with E-state index in [2.05, 4.69) is 31.9 Å². The maximum Gasteiger partial charge on any atom is 0.168 e. The third-order valence-corrected chi connectivity index (χ3v) is 7.24. The number of hydrogen-bond acceptors (Lipinski definition) is 1. The van der Waals surface area contributed by atoms with Gasteiger partial charge in [-0.05, 0) is 34.4 Å². The summed E-state index contributed by atoms with van der Waals surface area (Å²) in [5, 5.41) is 0. The van der Waals surface area contributed by atoms with E-state index in [-0.39, 0.29) is 17.4 Å². The number of Topliss-reactive ketones (excluding diaryl/α,β-unsaturated/α-hetero) is 1. The highest BCUT2D eigenvalue weighted by Crippen LogP contribution is 2.36. The molecule has 0 saturated carbocycles. The van der Waals surface area contributed by atoms with Crippen LogP contribution in [0.25, 0.3) is 22.3 Å². The van der Waals surface area contributed by atoms with Crippen molar-refractivity contribution in [2.24, 2.45) is 0 Å². The van der Waals surface area contributed by atoms with Crippen LogP contribution in [0.3, 0.4) is 0 Å². The number of carbonyl (C=O) groups is 1. The predicted octanol–water partition coefficient (Wildman–Crippen LogP) is 8.44. The molecule has 1 nitrogen and oxygen atoms in total. The third-order valence-electron chi connectivity index (χ3n) is 5.28. The standard InChI is InChI=1S/C27H18Br2F2O/c28-25(19-13-9-17(10-14-19)21-5-1-3-7-23(21)30)27(32)26(29)20-15-11-18(12-16-20)22-6-2-4-8-24(22)31/h1-16,25-26H. The van der Waals surface area contributed by atoms with E-state index in [1.54, 1.807) is 36.4 Å². The molecule has 0 aliphatic rings. The van der Waals surface area contributed by atoms with E-state index in [1.165, 1.54) is 12.1 Å². The lowest BCUT2D eigenvalue weighted by molar-refractivity contribution is -0.118. The Morgan fingerprint density at radius 2 is 0.906 bits per heavy atom. The van der Waals surface area contributed by atoms with E-state index in [4.69, 9.17) is 0 Å². The fourth-order valence-corrected chi connectivity index (χ4v) is 5.00. The summed E-state index contributed by atoms with van der Waals surface area (Å²) in [6.45, 7) is 0. The number of hydrogen-bond donors (Lipinski definition) is 0. The average Bonchev–Trinajstić information content (AvgIpc) is 2.83. The van der Waals surface area contributed by atoms with Crippen molar-refractivity contribution in [2.45, 2.75) is 9.65 Å². The molecule has 5 heteroatoms. The van der Waals surface area contributed by atoms with Crippen molar-refractivity contribution in [3.05, 3.63) is 120 Å². The average molecular weight is 556 g/mol. The molecule has 0 aliphatic heterocycles. The van der Waals surface area contributed by atoms with Gasteiger partial charge in [-0.15, -0.1) is 0 Å². The molecule has 0 saturated heterocycles. The second kappa shape index (κ2) is 9.88. The smallest absolute Gasteiger partial charge is 0.168 e. The lowest BCUT2D eigenvalue weighted by Crippen LogP contribution is -2.12. The highest BCUT2D eigenvalue weighted by molar-refractivity contribution is 9.10. The van der Waals surface area contributed by atoms with Crippen LogP contribution in [0.4, 0.5) is 8.78 Å². The zero-order valence-electron chi connectivity index (χ0n) is 16.8. The van der Waals surface area contributed by atoms with Crippen LogP contribution in [0.15, 0.2) is 97.1 Å². The predicted molar refractivity (Wildman–Crippen MR) is 132 cm³/mol. The van der Waals surface area contributed by atoms with Gasteiger partial charge in [-0.3, -0.25) is 4.79 Å². The molecule has 0 heterocycles. The Kier molecular flexibility index (Phi) is 6.97. The Morgan fingerprint density at radius 1 is 0.562 bits per heavy atom. The largest absolute Gasteiger partial charge is 0.296 e. The SMILES string of the molecule is O=C(C(Br)c1ccc(-c2ccccc2F)cc1)C(Br)c1ccc(-c2ccccc2F)cc1. The van der Waals surface area contributed by atoms with Gasteiger partial charge < -0.3 is 0 Å². The van der Waals surface area contributed by atoms with Crippen molar-refractivity contribution in [1.82, 2.24) is 0 Å². The van der Waals surface area contributed by atoms with Crippen molar-refractivity contribution < 1.29 is 13.6 Å². The number of halogens is 4. The fraction of sp³-hybridized carbons (Fsp3) is 0.0741. The van der Waals surface area contributed by atoms with Crippen molar-refractivity contribution in [2.75, 3.05) is 0 Å². The summed E-state index contributed by atoms with van der Waals surface area (Å²) < 4.78 is 28.0. The molecule has 0 spiro atoms. The number of ketones is 1. The van der Waals surface area contributed by atoms with E-state index in [0.29, 0.717) is 11.1 Å². The Morgan fingerprint density at radius 3 is 1.25 bits per heavy atom. The molecule has 4 rings (SSSR count). The van der Waals surface area contributed by atoms with Gasteiger partial charge in [0.2, 0.25) is 0 Å². The van der Waals surface area contributed by atoms with Crippen molar-refractivity contribution >= 4 is 37.6 Å². The van der Waals surface area contributed by atoms with Crippen molar-refractivity contribution in [3.8, 4) is 22.3 Å². The van der Waals surface area contributed by atoms with E-state index < -0.39 is 9.65 Å². The van der Waals surface area contributed by atoms with Crippen LogP contribution in [0.1, 0.15) is 20.8 Å². The van der Waals surface area contributed by atoms with Gasteiger partial charge in [-0.2, -0.15) is 0 Å². The van der Waals surface area contributed by atoms with Gasteiger partial charge in [0.15, 0.2) is 5.78 Å². The summed E-state index contributed by atoms with van der Waals surface area (Å²) >= 11 is 7.00. The minimum Gasteiger partial charge on any atom is -0.296 e. The summed E-state index contributed by atoms with van der Waals surface area (Å²) in [4.78, 5) is 12.0. The first-order valence-corrected chi connectivity index (χ1v) is 11.8. The second-order valence-electron chi connectivity index (χ2n) is 7.33. The van der Waals surface area contributed by atoms with E-state index in [1.807, 2.05) is 48.5 Å². The summed E-state index contributed by atoms with van der Waals surface area (Å²) in [5.41, 5.74) is 4.09. The van der Waals surface area contributed by atoms with Gasteiger partial charge in [0.25, 0.3) is 0 Å². The number of benzene rings is 4. The zero-order valence-corrected chi connectivity index (χ0v) is 20.0. The Balaban J connectivity index is 1.50. The molecule has 2 unspecified atom stereocenters. The zero-order chi connectivity index (χ0) is 22.7. The first kappa shape index (κ1) is 22.6. The minimum absolute atomic E-state index is 0.0673. The molecule has 0 aromatic heterocycles. The van der Waals surface area contributed by atoms with Gasteiger partial charge in [-0.25, -0.2) is 8.78 Å². The Bertz CT molecular complexity index is 1140. The van der Waals surface area contributed by atoms with Crippen LogP contribution >= 0.6 is 31.9 Å². The van der Waals surface area contributed by atoms with Crippen molar-refractivity contribution in [1.29, 1.82) is 0 Å². The van der Waals surface area contributed by atoms with Crippen molar-refractivity contribution in [3.63, 3.8) is 0 Å². The van der Waals surface area contributed by atoms with Gasteiger partial charge in [0.05, 0.1) is 9.65 Å². The molecule has 2 atom stereocenters. The first-order valence-electron chi connectivity index (χ1n) is 9.97. The van der Waals surface area contributed by atoms with Crippen LogP contribution in [0, 0.1) is 11.6 Å². The summed E-state index contributed by atoms with van der Waals surface area (Å²) in [6.07, 6.45) is 0. The Hall–Kier alpha value is -2.63. The van der Waals surface area contributed by atoms with Gasteiger partial charge >= 0.3 is 0 Å². The maximum atomic E-state index is 14.0. The van der Waals surface area contributed by atoms with E-state index in [0.717, 1.165) is 22.3 Å². The van der Waals surface area contributed by atoms with Gasteiger partial charge in [-0.1, -0.05) is 117 Å². The maximum absolute atomic E-state index is 14.0. The molecule has 0 N–H and O–H groups in total. The molecule has 4 aromatic carbocycles. The van der Waals surface area contributed by atoms with E-state index in [9.17, 15) is 13.6 Å². The van der Waals surface area contributed by atoms with Crippen LogP contribution in [0.5, 0.6) is 0 Å². The normalized spacial score (nSPS) is 12.9. The second-order valence-corrected chi connectivity index (χ2v) is 9.16. The lowest BCUT2D eigenvalue weighted by Gasteiger charge is -2.16.